The van der Waals surface area contributed by atoms with E-state index in [-0.39, 0.29) is 10.8 Å². The molecule has 166 valence electrons. The second-order valence-electron chi connectivity index (χ2n) is 7.95. The summed E-state index contributed by atoms with van der Waals surface area (Å²) in [4.78, 5) is 18.3. The molecule has 4 heterocycles. The third kappa shape index (κ3) is 4.10. The third-order valence-electron chi connectivity index (χ3n) is 5.74. The molecule has 9 heteroatoms. The maximum absolute atomic E-state index is 13.5. The Labute approximate surface area is 191 Å². The summed E-state index contributed by atoms with van der Waals surface area (Å²) in [7, 11) is -3.85. The first-order chi connectivity index (χ1) is 15.5. The van der Waals surface area contributed by atoms with E-state index in [4.69, 9.17) is 4.42 Å². The van der Waals surface area contributed by atoms with Crippen LogP contribution in [0.5, 0.6) is 0 Å². The van der Waals surface area contributed by atoms with Gasteiger partial charge in [0.15, 0.2) is 0 Å². The van der Waals surface area contributed by atoms with Gasteiger partial charge >= 0.3 is 0 Å². The molecule has 1 amide bonds. The maximum atomic E-state index is 13.5. The van der Waals surface area contributed by atoms with Crippen LogP contribution in [0.4, 0.5) is 5.69 Å². The van der Waals surface area contributed by atoms with Crippen molar-refractivity contribution < 1.29 is 17.6 Å². The molecule has 0 saturated carbocycles. The minimum absolute atomic E-state index is 0.100. The fourth-order valence-electron chi connectivity index (χ4n) is 4.18. The van der Waals surface area contributed by atoms with Gasteiger partial charge in [0, 0.05) is 23.4 Å². The number of thiophene rings is 1. The van der Waals surface area contributed by atoms with Crippen LogP contribution in [-0.4, -0.2) is 31.6 Å². The van der Waals surface area contributed by atoms with Crippen molar-refractivity contribution in [1.29, 1.82) is 0 Å². The van der Waals surface area contributed by atoms with Gasteiger partial charge in [0.2, 0.25) is 0 Å². The molecule has 7 nitrogen and oxygen atoms in total. The van der Waals surface area contributed by atoms with Gasteiger partial charge < -0.3 is 14.2 Å². The van der Waals surface area contributed by atoms with Gasteiger partial charge in [-0.05, 0) is 54.6 Å². The Morgan fingerprint density at radius 2 is 2.03 bits per heavy atom. The zero-order chi connectivity index (χ0) is 22.1. The molecule has 32 heavy (non-hydrogen) atoms. The van der Waals surface area contributed by atoms with Crippen LogP contribution in [0.1, 0.15) is 46.7 Å². The van der Waals surface area contributed by atoms with E-state index in [1.807, 2.05) is 28.5 Å². The number of fused-ring (bicyclic) bond motifs is 3. The average Bonchev–Trinajstić information content (AvgIpc) is 3.44. The topological polar surface area (TPSA) is 83.2 Å². The number of hydrogen-bond acceptors (Lipinski definition) is 6. The highest BCUT2D eigenvalue weighted by Gasteiger charge is 2.32. The number of rotatable bonds is 5. The minimum Gasteiger partial charge on any atom is -0.467 e. The lowest BCUT2D eigenvalue weighted by atomic mass is 10.1. The molecule has 0 N–H and O–H groups in total. The molecule has 0 bridgehead atoms. The van der Waals surface area contributed by atoms with Crippen LogP contribution in [0.3, 0.4) is 0 Å². The lowest BCUT2D eigenvalue weighted by molar-refractivity contribution is 0.0719. The second kappa shape index (κ2) is 8.55. The van der Waals surface area contributed by atoms with Crippen LogP contribution in [0.2, 0.25) is 0 Å². The Kier molecular flexibility index (Phi) is 5.60. The highest BCUT2D eigenvalue weighted by atomic mass is 32.2. The van der Waals surface area contributed by atoms with Gasteiger partial charge in [-0.15, -0.1) is 15.7 Å². The smallest absolute Gasteiger partial charge is 0.286 e. The van der Waals surface area contributed by atoms with Crippen molar-refractivity contribution in [1.82, 2.24) is 4.90 Å². The molecular weight excluding hydrogens is 446 g/mol. The van der Waals surface area contributed by atoms with E-state index in [1.165, 1.54) is 6.07 Å². The van der Waals surface area contributed by atoms with Gasteiger partial charge in [0.25, 0.3) is 15.9 Å². The van der Waals surface area contributed by atoms with Crippen LogP contribution in [-0.2, 0) is 23.1 Å². The van der Waals surface area contributed by atoms with Crippen LogP contribution in [0, 0.1) is 0 Å². The summed E-state index contributed by atoms with van der Waals surface area (Å²) in [5, 5.41) is 1.97. The number of carbonyl (C=O) groups excluding carboxylic acids is 1. The SMILES string of the molecule is O=C(c1ccc2c(c1)S(=O)(=O)N=C1CCCCCN12)N(Cc1ccco1)Cc1cccs1. The van der Waals surface area contributed by atoms with Crippen molar-refractivity contribution in [2.45, 2.75) is 43.7 Å². The number of sulfonamides is 1. The van der Waals surface area contributed by atoms with Crippen molar-refractivity contribution in [3.8, 4) is 0 Å². The van der Waals surface area contributed by atoms with Gasteiger partial charge in [-0.25, -0.2) is 0 Å². The van der Waals surface area contributed by atoms with Crippen molar-refractivity contribution in [2.75, 3.05) is 11.4 Å². The number of benzene rings is 1. The van der Waals surface area contributed by atoms with E-state index in [2.05, 4.69) is 4.40 Å². The number of amides is 1. The largest absolute Gasteiger partial charge is 0.467 e. The van der Waals surface area contributed by atoms with Crippen molar-refractivity contribution in [2.24, 2.45) is 4.40 Å². The fraction of sp³-hybridized carbons (Fsp3) is 0.304. The molecular formula is C23H23N3O4S2. The molecule has 0 radical (unpaired) electrons. The van der Waals surface area contributed by atoms with Crippen LogP contribution < -0.4 is 4.90 Å². The molecule has 2 aliphatic rings. The second-order valence-corrected chi connectivity index (χ2v) is 10.6. The number of anilines is 1. The molecule has 3 aromatic rings. The summed E-state index contributed by atoms with van der Waals surface area (Å²) >= 11 is 1.57. The first-order valence-electron chi connectivity index (χ1n) is 10.6. The Balaban J connectivity index is 1.50. The monoisotopic (exact) mass is 469 g/mol. The number of nitrogens with zero attached hydrogens (tertiary/aromatic N) is 3. The molecule has 1 aromatic carbocycles. The summed E-state index contributed by atoms with van der Waals surface area (Å²) in [5.74, 6) is 1.02. The predicted molar refractivity (Wildman–Crippen MR) is 123 cm³/mol. The lowest BCUT2D eigenvalue weighted by Gasteiger charge is -2.30. The summed E-state index contributed by atoms with van der Waals surface area (Å²) in [6.07, 6.45) is 5.19. The summed E-state index contributed by atoms with van der Waals surface area (Å²) in [5.41, 5.74) is 0.938. The van der Waals surface area contributed by atoms with Crippen molar-refractivity contribution in [3.63, 3.8) is 0 Å². The van der Waals surface area contributed by atoms with E-state index in [9.17, 15) is 13.2 Å². The normalized spacial score (nSPS) is 17.1. The third-order valence-corrected chi connectivity index (χ3v) is 7.93. The first kappa shape index (κ1) is 21.0. The van der Waals surface area contributed by atoms with Gasteiger partial charge in [-0.3, -0.25) is 4.79 Å². The molecule has 2 aliphatic heterocycles. The van der Waals surface area contributed by atoms with Crippen LogP contribution >= 0.6 is 11.3 Å². The summed E-state index contributed by atoms with van der Waals surface area (Å²) in [6, 6.07) is 12.5. The molecule has 0 aliphatic carbocycles. The van der Waals surface area contributed by atoms with Crippen molar-refractivity contribution >= 4 is 38.8 Å². The minimum atomic E-state index is -3.85. The highest BCUT2D eigenvalue weighted by Crippen LogP contribution is 2.35. The Bertz CT molecular complexity index is 1210. The Hall–Kier alpha value is -2.91. The van der Waals surface area contributed by atoms with E-state index in [1.54, 1.807) is 40.7 Å². The predicted octanol–water partition coefficient (Wildman–Crippen LogP) is 4.66. The van der Waals surface area contributed by atoms with Gasteiger partial charge in [0.1, 0.15) is 16.5 Å². The van der Waals surface area contributed by atoms with E-state index >= 15 is 0 Å². The molecule has 2 aromatic heterocycles. The highest BCUT2D eigenvalue weighted by molar-refractivity contribution is 7.90. The van der Waals surface area contributed by atoms with Crippen molar-refractivity contribution in [3.05, 3.63) is 70.3 Å². The molecule has 0 spiro atoms. The molecule has 1 fully saturated rings. The van der Waals surface area contributed by atoms with Gasteiger partial charge in [0.05, 0.1) is 25.0 Å². The zero-order valence-electron chi connectivity index (χ0n) is 17.4. The molecule has 5 rings (SSSR count). The first-order valence-corrected chi connectivity index (χ1v) is 12.9. The summed E-state index contributed by atoms with van der Waals surface area (Å²) < 4.78 is 35.4. The molecule has 0 unspecified atom stereocenters. The van der Waals surface area contributed by atoms with Gasteiger partial charge in [-0.1, -0.05) is 12.5 Å². The van der Waals surface area contributed by atoms with E-state index in [0.717, 1.165) is 30.7 Å². The average molecular weight is 470 g/mol. The number of carbonyl (C=O) groups is 1. The maximum Gasteiger partial charge on any atom is 0.286 e. The van der Waals surface area contributed by atoms with Gasteiger partial charge in [-0.2, -0.15) is 8.42 Å². The van der Waals surface area contributed by atoms with Crippen LogP contribution in [0.15, 0.2) is 67.8 Å². The summed E-state index contributed by atoms with van der Waals surface area (Å²) in [6.45, 7) is 1.44. The Morgan fingerprint density at radius 1 is 1.12 bits per heavy atom. The number of amidine groups is 1. The Morgan fingerprint density at radius 3 is 2.81 bits per heavy atom. The van der Waals surface area contributed by atoms with E-state index < -0.39 is 10.0 Å². The quantitative estimate of drug-likeness (QED) is 0.542. The standard InChI is InChI=1S/C23H23N3O4S2/c27-23(25(15-18-6-4-12-30-18)16-19-7-5-13-31-19)17-9-10-20-21(14-17)32(28,29)24-22-8-2-1-3-11-26(20)22/h4-7,9-10,12-14H,1-3,8,11,15-16H2. The molecule has 1 saturated heterocycles. The zero-order valence-corrected chi connectivity index (χ0v) is 19.1. The van der Waals surface area contributed by atoms with Crippen LogP contribution in [0.25, 0.3) is 0 Å². The van der Waals surface area contributed by atoms with E-state index in [0.29, 0.717) is 42.4 Å². The number of hydrogen-bond donors (Lipinski definition) is 0. The number of furan rings is 1. The molecule has 0 atom stereocenters. The lowest BCUT2D eigenvalue weighted by Crippen LogP contribution is -2.35. The fourth-order valence-corrected chi connectivity index (χ4v) is 6.18.